The fraction of sp³-hybridized carbons (Fsp3) is 0.556. The van der Waals surface area contributed by atoms with Gasteiger partial charge in [0.2, 0.25) is 0 Å². The lowest BCUT2D eigenvalue weighted by atomic mass is 10.4. The van der Waals surface area contributed by atoms with E-state index >= 15 is 0 Å². The Morgan fingerprint density at radius 1 is 1.79 bits per heavy atom. The lowest BCUT2D eigenvalue weighted by Gasteiger charge is -2.01. The molecule has 1 aliphatic carbocycles. The highest BCUT2D eigenvalue weighted by Gasteiger charge is 2.26. The highest BCUT2D eigenvalue weighted by atomic mass is 16.5. The molecule has 0 unspecified atom stereocenters. The molecule has 0 amide bonds. The summed E-state index contributed by atoms with van der Waals surface area (Å²) in [5.74, 6) is 0.453. The Balaban J connectivity index is 2.16. The van der Waals surface area contributed by atoms with Gasteiger partial charge in [-0.15, -0.1) is 5.10 Å². The van der Waals surface area contributed by atoms with Crippen LogP contribution in [0.4, 0.5) is 5.69 Å². The molecular weight excluding hydrogens is 180 g/mol. The first-order valence-corrected chi connectivity index (χ1v) is 4.61. The molecule has 5 nitrogen and oxygen atoms in total. The average Bonchev–Trinajstić information content (AvgIpc) is 2.91. The predicted octanol–water partition coefficient (Wildman–Crippen LogP) is 1.09. The Labute approximate surface area is 82.1 Å². The van der Waals surface area contributed by atoms with Crippen LogP contribution in [0, 0.1) is 11.3 Å². The summed E-state index contributed by atoms with van der Waals surface area (Å²) in [6.07, 6.45) is 4.05. The van der Waals surface area contributed by atoms with Gasteiger partial charge in [-0.1, -0.05) is 0 Å². The summed E-state index contributed by atoms with van der Waals surface area (Å²) in [6, 6.07) is 1.77. The van der Waals surface area contributed by atoms with Crippen molar-refractivity contribution in [2.75, 3.05) is 5.73 Å². The van der Waals surface area contributed by atoms with Crippen molar-refractivity contribution in [1.29, 1.82) is 5.26 Å². The highest BCUT2D eigenvalue weighted by Crippen LogP contribution is 2.29. The van der Waals surface area contributed by atoms with Crippen molar-refractivity contribution in [2.24, 2.45) is 0 Å². The third-order valence-electron chi connectivity index (χ3n) is 2.11. The molecule has 0 aromatic carbocycles. The highest BCUT2D eigenvalue weighted by molar-refractivity contribution is 5.46. The van der Waals surface area contributed by atoms with Crippen molar-refractivity contribution in [2.45, 2.75) is 31.9 Å². The molecule has 0 radical (unpaired) electrons. The standard InChI is InChI=1S/C9H12N4O/c1-6(4-10)13-5-8(11)9(12-13)14-7-2-3-7/h5-7H,2-3,11H2,1H3/t6-/m1/s1. The molecule has 0 aliphatic heterocycles. The van der Waals surface area contributed by atoms with Gasteiger partial charge in [0, 0.05) is 0 Å². The number of rotatable bonds is 3. The molecule has 1 atom stereocenters. The second kappa shape index (κ2) is 3.22. The monoisotopic (exact) mass is 192 g/mol. The predicted molar refractivity (Wildman–Crippen MR) is 50.6 cm³/mol. The third-order valence-corrected chi connectivity index (χ3v) is 2.11. The maximum absolute atomic E-state index is 8.69. The number of hydrogen-bond acceptors (Lipinski definition) is 4. The lowest BCUT2D eigenvalue weighted by molar-refractivity contribution is 0.287. The molecule has 1 heterocycles. The Morgan fingerprint density at radius 3 is 3.07 bits per heavy atom. The van der Waals surface area contributed by atoms with Crippen molar-refractivity contribution in [1.82, 2.24) is 9.78 Å². The van der Waals surface area contributed by atoms with Crippen molar-refractivity contribution < 1.29 is 4.74 Å². The molecule has 1 aliphatic rings. The molecule has 14 heavy (non-hydrogen) atoms. The molecule has 74 valence electrons. The van der Waals surface area contributed by atoms with Crippen molar-refractivity contribution in [3.63, 3.8) is 0 Å². The van der Waals surface area contributed by atoms with Gasteiger partial charge in [0.05, 0.1) is 12.3 Å². The lowest BCUT2D eigenvalue weighted by Crippen LogP contribution is -2.04. The van der Waals surface area contributed by atoms with E-state index < -0.39 is 0 Å². The summed E-state index contributed by atoms with van der Waals surface area (Å²) < 4.78 is 6.99. The summed E-state index contributed by atoms with van der Waals surface area (Å²) in [5, 5.41) is 12.8. The Hall–Kier alpha value is -1.70. The fourth-order valence-electron chi connectivity index (χ4n) is 1.08. The Bertz CT molecular complexity index is 375. The number of nitrogens with two attached hydrogens (primary N) is 1. The summed E-state index contributed by atoms with van der Waals surface area (Å²) in [5.41, 5.74) is 6.19. The van der Waals surface area contributed by atoms with E-state index in [1.807, 2.05) is 0 Å². The summed E-state index contributed by atoms with van der Waals surface area (Å²) in [7, 11) is 0. The van der Waals surface area contributed by atoms with Gasteiger partial charge < -0.3 is 10.5 Å². The average molecular weight is 192 g/mol. The second-order valence-electron chi connectivity index (χ2n) is 3.49. The zero-order chi connectivity index (χ0) is 10.1. The minimum absolute atomic E-state index is 0.276. The van der Waals surface area contributed by atoms with Gasteiger partial charge in [-0.25, -0.2) is 4.68 Å². The number of nitrogens with zero attached hydrogens (tertiary/aromatic N) is 3. The van der Waals surface area contributed by atoms with E-state index in [-0.39, 0.29) is 12.1 Å². The van der Waals surface area contributed by atoms with Crippen LogP contribution >= 0.6 is 0 Å². The molecule has 0 spiro atoms. The van der Waals surface area contributed by atoms with Crippen LogP contribution in [0.25, 0.3) is 0 Å². The first kappa shape index (κ1) is 8.88. The zero-order valence-corrected chi connectivity index (χ0v) is 7.97. The number of aromatic nitrogens is 2. The van der Waals surface area contributed by atoms with Crippen molar-refractivity contribution >= 4 is 5.69 Å². The summed E-state index contributed by atoms with van der Waals surface area (Å²) in [4.78, 5) is 0. The summed E-state index contributed by atoms with van der Waals surface area (Å²) in [6.45, 7) is 1.76. The number of nitrogen functional groups attached to an aromatic ring is 1. The van der Waals surface area contributed by atoms with Gasteiger partial charge in [0.15, 0.2) is 0 Å². The number of hydrogen-bond donors (Lipinski definition) is 1. The molecule has 2 rings (SSSR count). The molecule has 0 saturated heterocycles. The largest absolute Gasteiger partial charge is 0.472 e. The van der Waals surface area contributed by atoms with Gasteiger partial charge in [-0.05, 0) is 19.8 Å². The molecular formula is C9H12N4O. The smallest absolute Gasteiger partial charge is 0.256 e. The second-order valence-corrected chi connectivity index (χ2v) is 3.49. The molecule has 0 bridgehead atoms. The van der Waals surface area contributed by atoms with E-state index in [4.69, 9.17) is 15.7 Å². The minimum atomic E-state index is -0.311. The normalized spacial score (nSPS) is 17.4. The van der Waals surface area contributed by atoms with Crippen LogP contribution in [0.15, 0.2) is 6.20 Å². The molecule has 1 aromatic heterocycles. The Morgan fingerprint density at radius 2 is 2.50 bits per heavy atom. The van der Waals surface area contributed by atoms with Gasteiger partial charge in [0.1, 0.15) is 17.8 Å². The first-order valence-electron chi connectivity index (χ1n) is 4.61. The van der Waals surface area contributed by atoms with E-state index in [1.165, 1.54) is 4.68 Å². The van der Waals surface area contributed by atoms with Gasteiger partial charge >= 0.3 is 0 Å². The van der Waals surface area contributed by atoms with Gasteiger partial charge in [-0.2, -0.15) is 5.26 Å². The van der Waals surface area contributed by atoms with Crippen LogP contribution in [0.1, 0.15) is 25.8 Å². The van der Waals surface area contributed by atoms with Crippen LogP contribution in [-0.4, -0.2) is 15.9 Å². The van der Waals surface area contributed by atoms with Crippen LogP contribution in [-0.2, 0) is 0 Å². The molecule has 1 saturated carbocycles. The number of nitriles is 1. The summed E-state index contributed by atoms with van der Waals surface area (Å²) >= 11 is 0. The number of ether oxygens (including phenoxy) is 1. The SMILES string of the molecule is C[C@H](C#N)n1cc(N)c(OC2CC2)n1. The molecule has 1 aromatic rings. The van der Waals surface area contributed by atoms with Crippen molar-refractivity contribution in [3.05, 3.63) is 6.20 Å². The molecule has 5 heteroatoms. The van der Waals surface area contributed by atoms with E-state index in [2.05, 4.69) is 11.2 Å². The van der Waals surface area contributed by atoms with E-state index in [1.54, 1.807) is 13.1 Å². The first-order chi connectivity index (χ1) is 6.70. The molecule has 2 N–H and O–H groups in total. The van der Waals surface area contributed by atoms with Gasteiger partial charge in [-0.3, -0.25) is 0 Å². The quantitative estimate of drug-likeness (QED) is 0.777. The topological polar surface area (TPSA) is 76.9 Å². The third kappa shape index (κ3) is 1.64. The van der Waals surface area contributed by atoms with Crippen LogP contribution in [0.3, 0.4) is 0 Å². The minimum Gasteiger partial charge on any atom is -0.472 e. The van der Waals surface area contributed by atoms with Gasteiger partial charge in [0.25, 0.3) is 5.88 Å². The maximum Gasteiger partial charge on any atom is 0.256 e. The number of anilines is 1. The van der Waals surface area contributed by atoms with Crippen molar-refractivity contribution in [3.8, 4) is 11.9 Å². The fourth-order valence-corrected chi connectivity index (χ4v) is 1.08. The maximum atomic E-state index is 8.69. The van der Waals surface area contributed by atoms with Crippen LogP contribution < -0.4 is 10.5 Å². The Kier molecular flexibility index (Phi) is 2.04. The van der Waals surface area contributed by atoms with E-state index in [9.17, 15) is 0 Å². The van der Waals surface area contributed by atoms with Crippen LogP contribution in [0.5, 0.6) is 5.88 Å². The van der Waals surface area contributed by atoms with E-state index in [0.717, 1.165) is 12.8 Å². The van der Waals surface area contributed by atoms with Crippen LogP contribution in [0.2, 0.25) is 0 Å². The van der Waals surface area contributed by atoms with E-state index in [0.29, 0.717) is 11.6 Å². The zero-order valence-electron chi connectivity index (χ0n) is 7.97. The molecule has 1 fully saturated rings.